The lowest BCUT2D eigenvalue weighted by atomic mass is 9.83. The highest BCUT2D eigenvalue weighted by Crippen LogP contribution is 2.37. The van der Waals surface area contributed by atoms with Gasteiger partial charge in [-0.15, -0.1) is 0 Å². The largest absolute Gasteiger partial charge is 0.492 e. The first-order chi connectivity index (χ1) is 19.3. The summed E-state index contributed by atoms with van der Waals surface area (Å²) in [7, 11) is -3.23. The number of ether oxygens (including phenoxy) is 1. The second kappa shape index (κ2) is 12.6. The Labute approximate surface area is 237 Å². The number of aromatic nitrogens is 2. The van der Waals surface area contributed by atoms with Crippen molar-refractivity contribution in [2.24, 2.45) is 13.0 Å². The van der Waals surface area contributed by atoms with Crippen molar-refractivity contribution in [3.05, 3.63) is 77.7 Å². The molecule has 41 heavy (non-hydrogen) atoms. The number of carbonyl (C=O) groups is 1. The van der Waals surface area contributed by atoms with E-state index in [2.05, 4.69) is 29.0 Å². The molecule has 9 nitrogen and oxygen atoms in total. The zero-order chi connectivity index (χ0) is 29.8. The first-order valence-corrected chi connectivity index (χ1v) is 14.6. The molecule has 222 valence electrons. The highest BCUT2D eigenvalue weighted by atomic mass is 32.2. The predicted octanol–water partition coefficient (Wildman–Crippen LogP) is 4.35. The molecule has 0 saturated carbocycles. The van der Waals surface area contributed by atoms with Crippen molar-refractivity contribution in [2.75, 3.05) is 13.2 Å². The maximum atomic E-state index is 13.2. The summed E-state index contributed by atoms with van der Waals surface area (Å²) in [5.74, 6) is -1.63. The molecule has 0 spiro atoms. The van der Waals surface area contributed by atoms with Crippen molar-refractivity contribution in [1.82, 2.24) is 19.3 Å². The molecule has 0 radical (unpaired) electrons. The summed E-state index contributed by atoms with van der Waals surface area (Å²) in [4.78, 5) is 19.9. The zero-order valence-corrected chi connectivity index (χ0v) is 23.8. The molecule has 3 aromatic rings. The second-order valence-electron chi connectivity index (χ2n) is 10.4. The van der Waals surface area contributed by atoms with E-state index in [1.165, 1.54) is 24.0 Å². The van der Waals surface area contributed by atoms with Crippen LogP contribution < -0.4 is 10.1 Å². The van der Waals surface area contributed by atoms with Gasteiger partial charge in [0.2, 0.25) is 0 Å². The van der Waals surface area contributed by atoms with E-state index in [1.807, 2.05) is 30.3 Å². The minimum absolute atomic E-state index is 0.0289. The van der Waals surface area contributed by atoms with E-state index in [0.717, 1.165) is 30.3 Å². The van der Waals surface area contributed by atoms with E-state index in [1.54, 1.807) is 12.1 Å². The Bertz CT molecular complexity index is 1440. The molecule has 2 unspecified atom stereocenters. The summed E-state index contributed by atoms with van der Waals surface area (Å²) in [6.45, 7) is 4.80. The molecule has 1 aromatic heterocycles. The zero-order valence-electron chi connectivity index (χ0n) is 23.0. The van der Waals surface area contributed by atoms with E-state index in [0.29, 0.717) is 30.3 Å². The SMILES string of the molecule is CC(C)CCNC1COc2ccc(CN(OC(=O)C(F)(F)F)S(=O)(=O)c3cn(C)cn3)cc2C1Cc1ccccc1. The average molecular weight is 595 g/mol. The van der Waals surface area contributed by atoms with Gasteiger partial charge < -0.3 is 19.5 Å². The van der Waals surface area contributed by atoms with Crippen LogP contribution in [0.25, 0.3) is 0 Å². The number of fused-ring (bicyclic) bond motifs is 1. The third-order valence-corrected chi connectivity index (χ3v) is 8.23. The van der Waals surface area contributed by atoms with Crippen LogP contribution in [-0.2, 0) is 39.7 Å². The van der Waals surface area contributed by atoms with Gasteiger partial charge in [0.15, 0.2) is 5.03 Å². The van der Waals surface area contributed by atoms with Crippen LogP contribution in [0, 0.1) is 5.92 Å². The number of hydroxylamine groups is 1. The summed E-state index contributed by atoms with van der Waals surface area (Å²) in [6.07, 6.45) is -1.51. The number of sulfonamides is 1. The quantitative estimate of drug-likeness (QED) is 0.329. The number of nitrogens with zero attached hydrogens (tertiary/aromatic N) is 3. The maximum Gasteiger partial charge on any atom is 0.492 e. The highest BCUT2D eigenvalue weighted by molar-refractivity contribution is 7.88. The van der Waals surface area contributed by atoms with Crippen molar-refractivity contribution in [3.8, 4) is 5.75 Å². The van der Waals surface area contributed by atoms with Crippen molar-refractivity contribution >= 4 is 16.0 Å². The summed E-state index contributed by atoms with van der Waals surface area (Å²) >= 11 is 0. The van der Waals surface area contributed by atoms with Gasteiger partial charge in [-0.2, -0.15) is 13.2 Å². The van der Waals surface area contributed by atoms with Gasteiger partial charge in [-0.1, -0.05) is 56.3 Å². The molecule has 2 aromatic carbocycles. The molecule has 0 fully saturated rings. The smallest absolute Gasteiger partial charge is 0.492 e. The van der Waals surface area contributed by atoms with Crippen LogP contribution in [0.4, 0.5) is 13.2 Å². The van der Waals surface area contributed by atoms with Crippen molar-refractivity contribution in [1.29, 1.82) is 0 Å². The molecule has 0 saturated heterocycles. The van der Waals surface area contributed by atoms with E-state index < -0.39 is 33.7 Å². The van der Waals surface area contributed by atoms with Gasteiger partial charge in [0, 0.05) is 25.2 Å². The fourth-order valence-electron chi connectivity index (χ4n) is 4.59. The lowest BCUT2D eigenvalue weighted by Crippen LogP contribution is -2.44. The Balaban J connectivity index is 1.68. The molecule has 1 aliphatic heterocycles. The van der Waals surface area contributed by atoms with Gasteiger partial charge in [-0.25, -0.2) is 18.2 Å². The lowest BCUT2D eigenvalue weighted by Gasteiger charge is -2.35. The molecule has 2 atom stereocenters. The number of alkyl halides is 3. The summed E-state index contributed by atoms with van der Waals surface area (Å²) in [6, 6.07) is 14.7. The van der Waals surface area contributed by atoms with Crippen LogP contribution in [0.5, 0.6) is 5.75 Å². The van der Waals surface area contributed by atoms with Crippen molar-refractivity contribution < 1.29 is 36.0 Å². The fourth-order valence-corrected chi connectivity index (χ4v) is 5.77. The van der Waals surface area contributed by atoms with Crippen LogP contribution in [0.3, 0.4) is 0 Å². The van der Waals surface area contributed by atoms with Gasteiger partial charge in [-0.3, -0.25) is 0 Å². The Morgan fingerprint density at radius 3 is 2.56 bits per heavy atom. The molecule has 1 N–H and O–H groups in total. The average Bonchev–Trinajstić information content (AvgIpc) is 3.36. The third kappa shape index (κ3) is 7.66. The number of carbonyl (C=O) groups excluding carboxylic acids is 1. The van der Waals surface area contributed by atoms with Crippen LogP contribution in [0.2, 0.25) is 0 Å². The van der Waals surface area contributed by atoms with E-state index in [9.17, 15) is 26.4 Å². The number of hydrogen-bond acceptors (Lipinski definition) is 7. The summed E-state index contributed by atoms with van der Waals surface area (Å²) < 4.78 is 73.0. The maximum absolute atomic E-state index is 13.2. The van der Waals surface area contributed by atoms with E-state index in [-0.39, 0.29) is 16.4 Å². The number of aryl methyl sites for hydroxylation is 1. The van der Waals surface area contributed by atoms with Gasteiger partial charge >= 0.3 is 12.1 Å². The van der Waals surface area contributed by atoms with E-state index in [4.69, 9.17) is 4.74 Å². The van der Waals surface area contributed by atoms with Crippen LogP contribution in [0.15, 0.2) is 66.1 Å². The second-order valence-corrected chi connectivity index (χ2v) is 12.2. The molecule has 4 rings (SSSR count). The number of benzene rings is 2. The first kappa shape index (κ1) is 30.5. The van der Waals surface area contributed by atoms with Gasteiger partial charge in [0.25, 0.3) is 10.0 Å². The monoisotopic (exact) mass is 594 g/mol. The van der Waals surface area contributed by atoms with Crippen molar-refractivity contribution in [2.45, 2.75) is 56.4 Å². The minimum Gasteiger partial charge on any atom is -0.492 e. The van der Waals surface area contributed by atoms with Crippen LogP contribution >= 0.6 is 0 Å². The minimum atomic E-state index is -5.41. The molecule has 13 heteroatoms. The number of imidazole rings is 1. The topological polar surface area (TPSA) is 103 Å². The Morgan fingerprint density at radius 2 is 1.93 bits per heavy atom. The number of nitrogens with one attached hydrogen (secondary N) is 1. The normalized spacial score (nSPS) is 17.4. The third-order valence-electron chi connectivity index (χ3n) is 6.75. The van der Waals surface area contributed by atoms with E-state index >= 15 is 0 Å². The van der Waals surface area contributed by atoms with Gasteiger partial charge in [-0.05, 0) is 52.5 Å². The Kier molecular flexibility index (Phi) is 9.40. The highest BCUT2D eigenvalue weighted by Gasteiger charge is 2.45. The number of halogens is 3. The van der Waals surface area contributed by atoms with Gasteiger partial charge in [0.1, 0.15) is 12.4 Å². The van der Waals surface area contributed by atoms with Crippen LogP contribution in [0.1, 0.15) is 42.9 Å². The molecular formula is C28H33F3N4O5S. The predicted molar refractivity (Wildman–Crippen MR) is 144 cm³/mol. The molecule has 1 aliphatic rings. The van der Waals surface area contributed by atoms with Gasteiger partial charge in [0.05, 0.1) is 12.9 Å². The molecule has 0 aliphatic carbocycles. The number of hydrogen-bond donors (Lipinski definition) is 1. The first-order valence-electron chi connectivity index (χ1n) is 13.2. The summed E-state index contributed by atoms with van der Waals surface area (Å²) in [5, 5.41) is 3.02. The number of rotatable bonds is 11. The Hall–Kier alpha value is -3.42. The Morgan fingerprint density at radius 1 is 1.20 bits per heavy atom. The molecular weight excluding hydrogens is 561 g/mol. The van der Waals surface area contributed by atoms with Crippen molar-refractivity contribution in [3.63, 3.8) is 0 Å². The lowest BCUT2D eigenvalue weighted by molar-refractivity contribution is -0.223. The fraction of sp³-hybridized carbons (Fsp3) is 0.429. The molecule has 0 bridgehead atoms. The summed E-state index contributed by atoms with van der Waals surface area (Å²) in [5.41, 5.74) is 2.17. The standard InChI is InChI=1S/C28H33F3N4O5S/c1-19(2)11-12-32-24-17-39-25-10-9-21(14-23(25)22(24)13-20-7-5-4-6-8-20)15-35(40-27(36)28(29,30)31)41(37,38)26-16-34(3)18-33-26/h4-10,14,16,18-19,22,24,32H,11-13,15,17H2,1-3H3. The molecule has 2 heterocycles. The van der Waals surface area contributed by atoms with Crippen LogP contribution in [-0.4, -0.2) is 53.8 Å². The molecule has 0 amide bonds.